The molecule has 0 saturated heterocycles. The third-order valence-electron chi connectivity index (χ3n) is 7.44. The Hall–Kier alpha value is -2.88. The summed E-state index contributed by atoms with van der Waals surface area (Å²) in [4.78, 5) is 32.1. The van der Waals surface area contributed by atoms with Crippen LogP contribution in [0.5, 0.6) is 0 Å². The van der Waals surface area contributed by atoms with Gasteiger partial charge in [-0.15, -0.1) is 0 Å². The number of hydrogen-bond donors (Lipinski definition) is 0. The van der Waals surface area contributed by atoms with Gasteiger partial charge < -0.3 is 9.80 Å². The van der Waals surface area contributed by atoms with Crippen molar-refractivity contribution in [3.05, 3.63) is 59.7 Å². The van der Waals surface area contributed by atoms with E-state index >= 15 is 0 Å². The minimum atomic E-state index is -0.0224. The van der Waals surface area contributed by atoms with Crippen LogP contribution in [0.25, 0.3) is 11.1 Å². The molecule has 34 heavy (non-hydrogen) atoms. The number of amides is 2. The van der Waals surface area contributed by atoms with Crippen LogP contribution in [-0.2, 0) is 9.59 Å². The quantitative estimate of drug-likeness (QED) is 0.352. The predicted molar refractivity (Wildman–Crippen MR) is 142 cm³/mol. The minimum absolute atomic E-state index is 0.0224. The van der Waals surface area contributed by atoms with Crippen molar-refractivity contribution in [2.75, 3.05) is 9.80 Å². The average Bonchev–Trinajstić information content (AvgIpc) is 3.30. The van der Waals surface area contributed by atoms with Crippen LogP contribution in [0.2, 0.25) is 0 Å². The number of carbonyl (C=O) groups excluding carboxylic acids is 2. The van der Waals surface area contributed by atoms with Crippen molar-refractivity contribution in [3.63, 3.8) is 0 Å². The Balaban J connectivity index is 1.87. The second-order valence-corrected chi connectivity index (χ2v) is 9.54. The van der Waals surface area contributed by atoms with E-state index in [1.54, 1.807) is 0 Å². The minimum Gasteiger partial charge on any atom is -0.305 e. The van der Waals surface area contributed by atoms with Gasteiger partial charge in [0.15, 0.2) is 0 Å². The van der Waals surface area contributed by atoms with E-state index < -0.39 is 0 Å². The molecule has 2 amide bonds. The molecule has 180 valence electrons. The van der Waals surface area contributed by atoms with E-state index in [-0.39, 0.29) is 23.9 Å². The summed E-state index contributed by atoms with van der Waals surface area (Å²) in [7, 11) is 0. The van der Waals surface area contributed by atoms with Gasteiger partial charge in [0.05, 0.1) is 22.5 Å². The number of rotatable bonds is 10. The standard InChI is InChI=1S/C30H38N2O2/c1-5-9-15-21(7-3)31-25-19-13-11-17-23(25)27(29(31)33)28-24-18-12-14-20-26(24)32(30(28)34)22(8-4)16-10-6-2/h11-14,17-22H,5-10,15-16H2,1-4H3/b28-27+. The fourth-order valence-electron chi connectivity index (χ4n) is 5.60. The molecule has 0 fully saturated rings. The summed E-state index contributed by atoms with van der Waals surface area (Å²) in [5, 5.41) is 0. The number of hydrogen-bond acceptors (Lipinski definition) is 2. The molecule has 2 aromatic carbocycles. The molecule has 2 aliphatic heterocycles. The number of nitrogens with zero attached hydrogens (tertiary/aromatic N) is 2. The summed E-state index contributed by atoms with van der Waals surface area (Å²) in [6.07, 6.45) is 8.12. The smallest absolute Gasteiger partial charge is 0.260 e. The van der Waals surface area contributed by atoms with Crippen molar-refractivity contribution in [1.82, 2.24) is 0 Å². The van der Waals surface area contributed by atoms with Gasteiger partial charge in [-0.25, -0.2) is 0 Å². The Bertz CT molecular complexity index is 1000. The first-order chi connectivity index (χ1) is 16.6. The fourth-order valence-corrected chi connectivity index (χ4v) is 5.60. The van der Waals surface area contributed by atoms with E-state index in [0.717, 1.165) is 73.9 Å². The monoisotopic (exact) mass is 458 g/mol. The van der Waals surface area contributed by atoms with Gasteiger partial charge in [-0.05, 0) is 37.8 Å². The van der Waals surface area contributed by atoms with Crippen molar-refractivity contribution in [2.45, 2.75) is 91.1 Å². The van der Waals surface area contributed by atoms with Gasteiger partial charge in [0.1, 0.15) is 0 Å². The Morgan fingerprint density at radius 1 is 0.618 bits per heavy atom. The van der Waals surface area contributed by atoms with Gasteiger partial charge >= 0.3 is 0 Å². The number of carbonyl (C=O) groups is 2. The van der Waals surface area contributed by atoms with Crippen LogP contribution in [0, 0.1) is 0 Å². The molecule has 2 heterocycles. The molecule has 0 saturated carbocycles. The summed E-state index contributed by atoms with van der Waals surface area (Å²) in [6, 6.07) is 16.3. The zero-order valence-corrected chi connectivity index (χ0v) is 21.1. The zero-order valence-electron chi connectivity index (χ0n) is 21.1. The van der Waals surface area contributed by atoms with Crippen molar-refractivity contribution in [1.29, 1.82) is 0 Å². The molecular weight excluding hydrogens is 420 g/mol. The van der Waals surface area contributed by atoms with E-state index in [1.807, 2.05) is 58.3 Å². The van der Waals surface area contributed by atoms with Crippen molar-refractivity contribution in [3.8, 4) is 0 Å². The van der Waals surface area contributed by atoms with Crippen LogP contribution in [0.1, 0.15) is 90.2 Å². The molecule has 2 aromatic rings. The van der Waals surface area contributed by atoms with E-state index in [2.05, 4.69) is 27.7 Å². The van der Waals surface area contributed by atoms with Crippen molar-refractivity contribution in [2.24, 2.45) is 0 Å². The van der Waals surface area contributed by atoms with Gasteiger partial charge in [0.25, 0.3) is 11.8 Å². The Kier molecular flexibility index (Phi) is 7.55. The molecule has 0 bridgehead atoms. The molecule has 0 radical (unpaired) electrons. The second-order valence-electron chi connectivity index (χ2n) is 9.54. The molecular formula is C30H38N2O2. The Morgan fingerprint density at radius 2 is 1.00 bits per heavy atom. The fraction of sp³-hybridized carbons (Fsp3) is 0.467. The van der Waals surface area contributed by atoms with Gasteiger partial charge in [0, 0.05) is 23.2 Å². The Morgan fingerprint density at radius 3 is 1.35 bits per heavy atom. The SMILES string of the molecule is CCCCC(CC)N1C(=O)/C(=C2/C(=O)N(C(CC)CCCC)c3ccccc32)c2ccccc21. The number of fused-ring (bicyclic) bond motifs is 2. The van der Waals surface area contributed by atoms with E-state index in [4.69, 9.17) is 0 Å². The lowest BCUT2D eigenvalue weighted by Gasteiger charge is -2.28. The van der Waals surface area contributed by atoms with Gasteiger partial charge in [-0.1, -0.05) is 89.8 Å². The summed E-state index contributed by atoms with van der Waals surface area (Å²) >= 11 is 0. The highest BCUT2D eigenvalue weighted by atomic mass is 16.2. The van der Waals surface area contributed by atoms with Crippen LogP contribution in [0.15, 0.2) is 48.5 Å². The molecule has 2 unspecified atom stereocenters. The van der Waals surface area contributed by atoms with Gasteiger partial charge in [-0.3, -0.25) is 9.59 Å². The predicted octanol–water partition coefficient (Wildman–Crippen LogP) is 7.23. The van der Waals surface area contributed by atoms with Crippen LogP contribution in [0.3, 0.4) is 0 Å². The maximum absolute atomic E-state index is 14.1. The normalized spacial score (nSPS) is 18.9. The van der Waals surface area contributed by atoms with E-state index in [9.17, 15) is 9.59 Å². The van der Waals surface area contributed by atoms with Crippen molar-refractivity contribution >= 4 is 34.3 Å². The first-order valence-corrected chi connectivity index (χ1v) is 13.2. The number of unbranched alkanes of at least 4 members (excludes halogenated alkanes) is 2. The molecule has 0 aromatic heterocycles. The van der Waals surface area contributed by atoms with E-state index in [1.165, 1.54) is 0 Å². The lowest BCUT2D eigenvalue weighted by atomic mass is 9.96. The van der Waals surface area contributed by atoms with Gasteiger partial charge in [-0.2, -0.15) is 0 Å². The molecule has 4 rings (SSSR count). The highest BCUT2D eigenvalue weighted by Gasteiger charge is 2.44. The van der Waals surface area contributed by atoms with Crippen LogP contribution < -0.4 is 9.80 Å². The van der Waals surface area contributed by atoms with Gasteiger partial charge in [0.2, 0.25) is 0 Å². The highest BCUT2D eigenvalue weighted by molar-refractivity contribution is 6.50. The molecule has 4 heteroatoms. The van der Waals surface area contributed by atoms with Crippen LogP contribution in [-0.4, -0.2) is 23.9 Å². The Labute approximate surface area is 204 Å². The third kappa shape index (κ3) is 4.08. The summed E-state index contributed by atoms with van der Waals surface area (Å²) in [5.74, 6) is -0.0449. The largest absolute Gasteiger partial charge is 0.305 e. The molecule has 2 aliphatic rings. The van der Waals surface area contributed by atoms with Crippen molar-refractivity contribution < 1.29 is 9.59 Å². The molecule has 0 aliphatic carbocycles. The average molecular weight is 459 g/mol. The summed E-state index contributed by atoms with van der Waals surface area (Å²) in [5.41, 5.74) is 4.83. The molecule has 0 N–H and O–H groups in total. The van der Waals surface area contributed by atoms with E-state index in [0.29, 0.717) is 11.1 Å². The lowest BCUT2D eigenvalue weighted by Crippen LogP contribution is -2.39. The van der Waals surface area contributed by atoms with Crippen LogP contribution >= 0.6 is 0 Å². The topological polar surface area (TPSA) is 40.6 Å². The highest BCUT2D eigenvalue weighted by Crippen LogP contribution is 2.48. The first kappa shape index (κ1) is 24.3. The maximum Gasteiger partial charge on any atom is 0.260 e. The molecule has 2 atom stereocenters. The number of anilines is 2. The summed E-state index contributed by atoms with van der Waals surface area (Å²) in [6.45, 7) is 8.67. The number of benzene rings is 2. The first-order valence-electron chi connectivity index (χ1n) is 13.2. The molecule has 4 nitrogen and oxygen atoms in total. The third-order valence-corrected chi connectivity index (χ3v) is 7.44. The number of para-hydroxylation sites is 2. The maximum atomic E-state index is 14.1. The second kappa shape index (κ2) is 10.6. The summed E-state index contributed by atoms with van der Waals surface area (Å²) < 4.78 is 0. The van der Waals surface area contributed by atoms with Crippen LogP contribution in [0.4, 0.5) is 11.4 Å². The molecule has 0 spiro atoms. The zero-order chi connectivity index (χ0) is 24.2. The lowest BCUT2D eigenvalue weighted by molar-refractivity contribution is -0.115.